The van der Waals surface area contributed by atoms with Gasteiger partial charge >= 0.3 is 5.69 Å². The molecule has 0 atom stereocenters. The summed E-state index contributed by atoms with van der Waals surface area (Å²) >= 11 is 0. The van der Waals surface area contributed by atoms with E-state index in [0.29, 0.717) is 6.54 Å². The molecule has 4 rings (SSSR count). The SMILES string of the molecule is CCN(c1ccccc1)c1ncnc(Nc2cccc3ccccc23)c1[N+](=O)[O-]. The van der Waals surface area contributed by atoms with Crippen LogP contribution in [0.1, 0.15) is 6.92 Å². The lowest BCUT2D eigenvalue weighted by atomic mass is 10.1. The molecule has 0 saturated heterocycles. The fourth-order valence-corrected chi connectivity index (χ4v) is 3.35. The number of nitrogens with zero attached hydrogens (tertiary/aromatic N) is 4. The van der Waals surface area contributed by atoms with Crippen molar-refractivity contribution in [3.8, 4) is 0 Å². The minimum Gasteiger partial charge on any atom is -0.334 e. The molecule has 0 aliphatic carbocycles. The molecule has 0 unspecified atom stereocenters. The number of rotatable bonds is 6. The number of anilines is 4. The summed E-state index contributed by atoms with van der Waals surface area (Å²) in [4.78, 5) is 21.8. The maximum absolute atomic E-state index is 12.0. The molecule has 7 heteroatoms. The highest BCUT2D eigenvalue weighted by Gasteiger charge is 2.27. The smallest absolute Gasteiger partial charge is 0.334 e. The van der Waals surface area contributed by atoms with Crippen LogP contribution in [0.5, 0.6) is 0 Å². The zero-order chi connectivity index (χ0) is 20.2. The Bertz CT molecular complexity index is 1160. The van der Waals surface area contributed by atoms with Gasteiger partial charge in [0.2, 0.25) is 11.6 Å². The van der Waals surface area contributed by atoms with Crippen LogP contribution >= 0.6 is 0 Å². The molecular weight excluding hydrogens is 366 g/mol. The molecule has 4 aromatic rings. The van der Waals surface area contributed by atoms with Gasteiger partial charge in [0, 0.05) is 23.3 Å². The predicted molar refractivity (Wildman–Crippen MR) is 115 cm³/mol. The number of hydrogen-bond donors (Lipinski definition) is 1. The summed E-state index contributed by atoms with van der Waals surface area (Å²) < 4.78 is 0. The van der Waals surface area contributed by atoms with E-state index in [1.165, 1.54) is 6.33 Å². The molecule has 29 heavy (non-hydrogen) atoms. The Morgan fingerprint density at radius 3 is 2.45 bits per heavy atom. The molecule has 1 heterocycles. The highest BCUT2D eigenvalue weighted by molar-refractivity contribution is 5.96. The molecule has 0 spiro atoms. The van der Waals surface area contributed by atoms with Crippen LogP contribution in [0.25, 0.3) is 10.8 Å². The Labute approximate surface area is 167 Å². The monoisotopic (exact) mass is 385 g/mol. The number of nitrogens with one attached hydrogen (secondary N) is 1. The average Bonchev–Trinajstić information content (AvgIpc) is 2.75. The number of fused-ring (bicyclic) bond motifs is 1. The van der Waals surface area contributed by atoms with Gasteiger partial charge in [0.1, 0.15) is 6.33 Å². The molecule has 0 bridgehead atoms. The van der Waals surface area contributed by atoms with Gasteiger partial charge in [-0.15, -0.1) is 0 Å². The van der Waals surface area contributed by atoms with Gasteiger partial charge in [-0.25, -0.2) is 9.97 Å². The van der Waals surface area contributed by atoms with Crippen molar-refractivity contribution in [3.63, 3.8) is 0 Å². The molecule has 0 aliphatic heterocycles. The molecule has 0 aliphatic rings. The Morgan fingerprint density at radius 1 is 0.966 bits per heavy atom. The minimum absolute atomic E-state index is 0.158. The second-order valence-electron chi connectivity index (χ2n) is 6.38. The summed E-state index contributed by atoms with van der Waals surface area (Å²) in [7, 11) is 0. The third-order valence-electron chi connectivity index (χ3n) is 4.67. The van der Waals surface area contributed by atoms with Crippen molar-refractivity contribution in [1.29, 1.82) is 0 Å². The van der Waals surface area contributed by atoms with Crippen molar-refractivity contribution in [2.45, 2.75) is 6.92 Å². The maximum atomic E-state index is 12.0. The van der Waals surface area contributed by atoms with Gasteiger partial charge in [0.15, 0.2) is 0 Å². The second-order valence-corrected chi connectivity index (χ2v) is 6.38. The van der Waals surface area contributed by atoms with E-state index in [2.05, 4.69) is 15.3 Å². The normalized spacial score (nSPS) is 10.7. The molecule has 0 amide bonds. The molecule has 1 N–H and O–H groups in total. The van der Waals surface area contributed by atoms with E-state index in [4.69, 9.17) is 0 Å². The molecule has 7 nitrogen and oxygen atoms in total. The van der Waals surface area contributed by atoms with Crippen LogP contribution in [0, 0.1) is 10.1 Å². The van der Waals surface area contributed by atoms with Crippen molar-refractivity contribution < 1.29 is 4.92 Å². The van der Waals surface area contributed by atoms with Crippen LogP contribution in [0.3, 0.4) is 0 Å². The van der Waals surface area contributed by atoms with Gasteiger partial charge < -0.3 is 10.2 Å². The molecule has 0 radical (unpaired) electrons. The van der Waals surface area contributed by atoms with Gasteiger partial charge in [-0.1, -0.05) is 54.6 Å². The summed E-state index contributed by atoms with van der Waals surface area (Å²) in [6, 6.07) is 23.1. The molecule has 3 aromatic carbocycles. The lowest BCUT2D eigenvalue weighted by molar-refractivity contribution is -0.383. The van der Waals surface area contributed by atoms with Crippen molar-refractivity contribution in [3.05, 3.63) is 89.2 Å². The molecule has 0 saturated carbocycles. The van der Waals surface area contributed by atoms with Crippen LogP contribution in [0.15, 0.2) is 79.1 Å². The first-order chi connectivity index (χ1) is 14.2. The lowest BCUT2D eigenvalue weighted by Gasteiger charge is -2.22. The summed E-state index contributed by atoms with van der Waals surface area (Å²) in [6.45, 7) is 2.45. The number of benzene rings is 3. The van der Waals surface area contributed by atoms with Gasteiger partial charge in [-0.2, -0.15) is 0 Å². The summed E-state index contributed by atoms with van der Waals surface area (Å²) in [5, 5.41) is 17.1. The number of para-hydroxylation sites is 1. The van der Waals surface area contributed by atoms with E-state index in [-0.39, 0.29) is 17.3 Å². The highest BCUT2D eigenvalue weighted by Crippen LogP contribution is 2.37. The Morgan fingerprint density at radius 2 is 1.69 bits per heavy atom. The highest BCUT2D eigenvalue weighted by atomic mass is 16.6. The summed E-state index contributed by atoms with van der Waals surface area (Å²) in [5.74, 6) is 0.409. The van der Waals surface area contributed by atoms with Crippen LogP contribution in [-0.2, 0) is 0 Å². The third kappa shape index (κ3) is 3.58. The van der Waals surface area contributed by atoms with Crippen LogP contribution in [-0.4, -0.2) is 21.4 Å². The zero-order valence-corrected chi connectivity index (χ0v) is 15.8. The quantitative estimate of drug-likeness (QED) is 0.351. The van der Waals surface area contributed by atoms with E-state index in [1.807, 2.05) is 79.7 Å². The average molecular weight is 385 g/mol. The van der Waals surface area contributed by atoms with E-state index < -0.39 is 4.92 Å². The van der Waals surface area contributed by atoms with E-state index in [9.17, 15) is 10.1 Å². The standard InChI is InChI=1S/C22H19N5O2/c1-2-26(17-11-4-3-5-12-17)22-20(27(28)29)21(23-15-24-22)25-19-14-8-10-16-9-6-7-13-18(16)19/h3-15H,2H2,1H3,(H,23,24,25). The van der Waals surface area contributed by atoms with Crippen molar-refractivity contribution in [2.24, 2.45) is 0 Å². The first-order valence-electron chi connectivity index (χ1n) is 9.25. The van der Waals surface area contributed by atoms with Crippen molar-refractivity contribution >= 4 is 39.5 Å². The van der Waals surface area contributed by atoms with Crippen LogP contribution < -0.4 is 10.2 Å². The fourth-order valence-electron chi connectivity index (χ4n) is 3.35. The van der Waals surface area contributed by atoms with Crippen molar-refractivity contribution in [1.82, 2.24) is 9.97 Å². The van der Waals surface area contributed by atoms with E-state index >= 15 is 0 Å². The number of nitro groups is 1. The second kappa shape index (κ2) is 7.93. The number of hydrogen-bond acceptors (Lipinski definition) is 6. The Kier molecular flexibility index (Phi) is 5.03. The minimum atomic E-state index is -0.436. The van der Waals surface area contributed by atoms with Crippen LogP contribution in [0.4, 0.5) is 28.7 Å². The zero-order valence-electron chi connectivity index (χ0n) is 15.8. The largest absolute Gasteiger partial charge is 0.354 e. The number of aromatic nitrogens is 2. The molecule has 1 aromatic heterocycles. The first kappa shape index (κ1) is 18.4. The summed E-state index contributed by atoms with van der Waals surface area (Å²) in [5.41, 5.74) is 1.41. The van der Waals surface area contributed by atoms with Crippen molar-refractivity contribution in [2.75, 3.05) is 16.8 Å². The van der Waals surface area contributed by atoms with E-state index in [1.54, 1.807) is 4.90 Å². The van der Waals surface area contributed by atoms with E-state index in [0.717, 1.165) is 22.1 Å². The Balaban J connectivity index is 1.83. The van der Waals surface area contributed by atoms with Gasteiger partial charge in [0.05, 0.1) is 4.92 Å². The van der Waals surface area contributed by atoms with Gasteiger partial charge in [-0.3, -0.25) is 10.1 Å². The molecular formula is C22H19N5O2. The summed E-state index contributed by atoms with van der Waals surface area (Å²) in [6.07, 6.45) is 1.35. The van der Waals surface area contributed by atoms with Gasteiger partial charge in [-0.05, 0) is 30.5 Å². The van der Waals surface area contributed by atoms with Gasteiger partial charge in [0.25, 0.3) is 0 Å². The third-order valence-corrected chi connectivity index (χ3v) is 4.67. The fraction of sp³-hybridized carbons (Fsp3) is 0.0909. The predicted octanol–water partition coefficient (Wildman–Crippen LogP) is 5.44. The Hall–Kier alpha value is -4.00. The first-order valence-corrected chi connectivity index (χ1v) is 9.25. The maximum Gasteiger partial charge on any atom is 0.354 e. The topological polar surface area (TPSA) is 84.2 Å². The van der Waals surface area contributed by atoms with Crippen LogP contribution in [0.2, 0.25) is 0 Å². The lowest BCUT2D eigenvalue weighted by Crippen LogP contribution is -2.19. The molecule has 0 fully saturated rings. The molecule has 144 valence electrons.